The van der Waals surface area contributed by atoms with E-state index in [-0.39, 0.29) is 0 Å². The van der Waals surface area contributed by atoms with Gasteiger partial charge in [-0.25, -0.2) is 4.98 Å². The van der Waals surface area contributed by atoms with Crippen LogP contribution in [0, 0.1) is 5.92 Å². The number of nitrogens with two attached hydrogens (primary N) is 1. The molecule has 0 saturated heterocycles. The van der Waals surface area contributed by atoms with E-state index in [9.17, 15) is 0 Å². The van der Waals surface area contributed by atoms with Crippen molar-refractivity contribution in [3.05, 3.63) is 18.3 Å². The Labute approximate surface area is 97.7 Å². The Kier molecular flexibility index (Phi) is 3.32. The van der Waals surface area contributed by atoms with Crippen molar-refractivity contribution < 1.29 is 0 Å². The van der Waals surface area contributed by atoms with Crippen molar-refractivity contribution in [2.45, 2.75) is 38.6 Å². The Morgan fingerprint density at radius 2 is 2.06 bits per heavy atom. The summed E-state index contributed by atoms with van der Waals surface area (Å²) in [6, 6.07) is 4.59. The number of hydrogen-bond acceptors (Lipinski definition) is 3. The fourth-order valence-electron chi connectivity index (χ4n) is 2.67. The molecule has 16 heavy (non-hydrogen) atoms. The molecule has 0 aromatic carbocycles. The second-order valence-electron chi connectivity index (χ2n) is 4.88. The first-order valence-corrected chi connectivity index (χ1v) is 6.13. The first-order valence-electron chi connectivity index (χ1n) is 6.13. The van der Waals surface area contributed by atoms with Gasteiger partial charge in [-0.15, -0.1) is 0 Å². The van der Waals surface area contributed by atoms with Gasteiger partial charge in [-0.2, -0.15) is 0 Å². The third-order valence-electron chi connectivity index (χ3n) is 3.74. The molecule has 1 saturated carbocycles. The molecule has 0 bridgehead atoms. The van der Waals surface area contributed by atoms with Gasteiger partial charge in [0.15, 0.2) is 0 Å². The van der Waals surface area contributed by atoms with Crippen LogP contribution in [0.1, 0.15) is 32.6 Å². The van der Waals surface area contributed by atoms with Crippen LogP contribution < -0.4 is 10.6 Å². The van der Waals surface area contributed by atoms with Gasteiger partial charge in [-0.05, 0) is 30.9 Å². The molecule has 2 rings (SSSR count). The van der Waals surface area contributed by atoms with Crippen molar-refractivity contribution in [2.75, 3.05) is 17.7 Å². The van der Waals surface area contributed by atoms with Gasteiger partial charge in [0.1, 0.15) is 5.82 Å². The quantitative estimate of drug-likeness (QED) is 0.831. The Bertz CT molecular complexity index is 334. The zero-order valence-electron chi connectivity index (χ0n) is 10.2. The highest BCUT2D eigenvalue weighted by molar-refractivity contribution is 5.48. The summed E-state index contributed by atoms with van der Waals surface area (Å²) in [7, 11) is 2.17. The average molecular weight is 219 g/mol. The monoisotopic (exact) mass is 219 g/mol. The molecular weight excluding hydrogens is 198 g/mol. The summed E-state index contributed by atoms with van der Waals surface area (Å²) in [5.41, 5.74) is 6.78. The lowest BCUT2D eigenvalue weighted by atomic mass is 9.85. The summed E-state index contributed by atoms with van der Waals surface area (Å²) in [4.78, 5) is 6.51. The van der Waals surface area contributed by atoms with E-state index in [1.54, 1.807) is 0 Å². The molecule has 2 atom stereocenters. The highest BCUT2D eigenvalue weighted by Crippen LogP contribution is 2.30. The van der Waals surface area contributed by atoms with Crippen molar-refractivity contribution in [2.24, 2.45) is 5.92 Å². The van der Waals surface area contributed by atoms with Gasteiger partial charge in [-0.1, -0.05) is 19.8 Å². The molecule has 1 aromatic heterocycles. The Morgan fingerprint density at radius 3 is 2.69 bits per heavy atom. The lowest BCUT2D eigenvalue weighted by Crippen LogP contribution is -2.39. The highest BCUT2D eigenvalue weighted by Gasteiger charge is 2.25. The van der Waals surface area contributed by atoms with Crippen molar-refractivity contribution in [3.8, 4) is 0 Å². The Balaban J connectivity index is 2.11. The van der Waals surface area contributed by atoms with Crippen LogP contribution in [0.2, 0.25) is 0 Å². The van der Waals surface area contributed by atoms with Gasteiger partial charge in [0, 0.05) is 13.1 Å². The number of nitrogens with zero attached hydrogens (tertiary/aromatic N) is 2. The molecule has 1 fully saturated rings. The van der Waals surface area contributed by atoms with E-state index in [4.69, 9.17) is 5.73 Å². The highest BCUT2D eigenvalue weighted by atomic mass is 15.1. The fourth-order valence-corrected chi connectivity index (χ4v) is 2.67. The molecule has 0 aliphatic heterocycles. The number of pyridine rings is 1. The normalized spacial score (nSPS) is 25.4. The predicted octanol–water partition coefficient (Wildman–Crippen LogP) is 2.68. The van der Waals surface area contributed by atoms with Gasteiger partial charge in [0.05, 0.1) is 11.9 Å². The van der Waals surface area contributed by atoms with Gasteiger partial charge < -0.3 is 10.6 Å². The summed E-state index contributed by atoms with van der Waals surface area (Å²) in [5.74, 6) is 1.37. The Morgan fingerprint density at radius 1 is 1.31 bits per heavy atom. The number of hydrogen-bond donors (Lipinski definition) is 1. The summed E-state index contributed by atoms with van der Waals surface area (Å²) < 4.78 is 0. The van der Waals surface area contributed by atoms with Crippen LogP contribution in [-0.4, -0.2) is 18.1 Å². The standard InChI is InChI=1S/C13H21N3/c1-10-5-3-4-6-12(10)16(2)11-7-8-13(14)15-9-11/h7-10,12H,3-6H2,1-2H3,(H2,14,15). The molecule has 1 aliphatic carbocycles. The molecule has 3 nitrogen and oxygen atoms in total. The first kappa shape index (κ1) is 11.2. The minimum Gasteiger partial charge on any atom is -0.384 e. The average Bonchev–Trinajstić information content (AvgIpc) is 2.30. The van der Waals surface area contributed by atoms with Gasteiger partial charge >= 0.3 is 0 Å². The second-order valence-corrected chi connectivity index (χ2v) is 4.88. The van der Waals surface area contributed by atoms with Crippen molar-refractivity contribution in [1.29, 1.82) is 0 Å². The predicted molar refractivity (Wildman–Crippen MR) is 68.5 cm³/mol. The SMILES string of the molecule is CC1CCCCC1N(C)c1ccc(N)nc1. The molecule has 2 N–H and O–H groups in total. The molecule has 3 heteroatoms. The smallest absolute Gasteiger partial charge is 0.123 e. The van der Waals surface area contributed by atoms with Crippen LogP contribution in [0.25, 0.3) is 0 Å². The van der Waals surface area contributed by atoms with Gasteiger partial charge in [-0.3, -0.25) is 0 Å². The molecule has 0 amide bonds. The molecule has 0 radical (unpaired) electrons. The zero-order chi connectivity index (χ0) is 11.5. The molecule has 1 aromatic rings. The lowest BCUT2D eigenvalue weighted by Gasteiger charge is -2.37. The molecular formula is C13H21N3. The lowest BCUT2D eigenvalue weighted by molar-refractivity contribution is 0.321. The van der Waals surface area contributed by atoms with E-state index < -0.39 is 0 Å². The zero-order valence-corrected chi connectivity index (χ0v) is 10.2. The minimum atomic E-state index is 0.592. The second kappa shape index (κ2) is 4.73. The van der Waals surface area contributed by atoms with Crippen LogP contribution >= 0.6 is 0 Å². The van der Waals surface area contributed by atoms with Gasteiger partial charge in [0.2, 0.25) is 0 Å². The maximum absolute atomic E-state index is 5.60. The molecule has 1 heterocycles. The number of rotatable bonds is 2. The maximum Gasteiger partial charge on any atom is 0.123 e. The molecule has 2 unspecified atom stereocenters. The van der Waals surface area contributed by atoms with E-state index in [2.05, 4.69) is 29.9 Å². The van der Waals surface area contributed by atoms with Crippen molar-refractivity contribution >= 4 is 11.5 Å². The van der Waals surface area contributed by atoms with E-state index in [1.807, 2.05) is 12.3 Å². The first-order chi connectivity index (χ1) is 7.68. The largest absolute Gasteiger partial charge is 0.384 e. The van der Waals surface area contributed by atoms with Crippen molar-refractivity contribution in [1.82, 2.24) is 4.98 Å². The fraction of sp³-hybridized carbons (Fsp3) is 0.615. The maximum atomic E-state index is 5.60. The molecule has 88 valence electrons. The number of nitrogen functional groups attached to an aromatic ring is 1. The topological polar surface area (TPSA) is 42.1 Å². The van der Waals surface area contributed by atoms with Crippen LogP contribution in [-0.2, 0) is 0 Å². The van der Waals surface area contributed by atoms with Crippen LogP contribution in [0.3, 0.4) is 0 Å². The van der Waals surface area contributed by atoms with E-state index >= 15 is 0 Å². The summed E-state index contributed by atoms with van der Waals surface area (Å²) in [6.45, 7) is 2.35. The third-order valence-corrected chi connectivity index (χ3v) is 3.74. The summed E-state index contributed by atoms with van der Waals surface area (Å²) in [6.07, 6.45) is 7.24. The van der Waals surface area contributed by atoms with Crippen LogP contribution in [0.4, 0.5) is 11.5 Å². The molecule has 0 spiro atoms. The molecule has 1 aliphatic rings. The number of anilines is 2. The van der Waals surface area contributed by atoms with Crippen LogP contribution in [0.5, 0.6) is 0 Å². The van der Waals surface area contributed by atoms with E-state index in [0.717, 1.165) is 5.92 Å². The summed E-state index contributed by atoms with van der Waals surface area (Å²) in [5, 5.41) is 0. The number of aromatic nitrogens is 1. The minimum absolute atomic E-state index is 0.592. The van der Waals surface area contributed by atoms with E-state index in [1.165, 1.54) is 31.4 Å². The van der Waals surface area contributed by atoms with Crippen molar-refractivity contribution in [3.63, 3.8) is 0 Å². The van der Waals surface area contributed by atoms with E-state index in [0.29, 0.717) is 11.9 Å². The third kappa shape index (κ3) is 2.29. The van der Waals surface area contributed by atoms with Crippen LogP contribution in [0.15, 0.2) is 18.3 Å². The van der Waals surface area contributed by atoms with Gasteiger partial charge in [0.25, 0.3) is 0 Å². The summed E-state index contributed by atoms with van der Waals surface area (Å²) >= 11 is 0. The Hall–Kier alpha value is -1.25.